The maximum atomic E-state index is 11.5. The number of rotatable bonds is 6. The average Bonchev–Trinajstić information content (AvgIpc) is 2.63. The van der Waals surface area contributed by atoms with E-state index in [9.17, 15) is 5.11 Å². The number of quaternary nitrogens is 1. The molecule has 0 amide bonds. The Morgan fingerprint density at radius 2 is 1.70 bits per heavy atom. The fourth-order valence-electron chi connectivity index (χ4n) is 3.67. The van der Waals surface area contributed by atoms with Gasteiger partial charge < -0.3 is 10.0 Å². The van der Waals surface area contributed by atoms with E-state index in [0.29, 0.717) is 12.3 Å². The summed E-state index contributed by atoms with van der Waals surface area (Å²) in [4.78, 5) is 1.50. The van der Waals surface area contributed by atoms with Gasteiger partial charge in [-0.25, -0.2) is 0 Å². The van der Waals surface area contributed by atoms with Crippen LogP contribution in [0.4, 0.5) is 0 Å². The van der Waals surface area contributed by atoms with Gasteiger partial charge in [0.05, 0.1) is 13.1 Å². The quantitative estimate of drug-likeness (QED) is 0.776. The number of nitrogens with one attached hydrogen (secondary N) is 1. The van der Waals surface area contributed by atoms with Gasteiger partial charge >= 0.3 is 0 Å². The van der Waals surface area contributed by atoms with Crippen LogP contribution in [-0.2, 0) is 5.60 Å². The maximum Gasteiger partial charge on any atom is 0.139 e. The van der Waals surface area contributed by atoms with E-state index >= 15 is 0 Å². The predicted molar refractivity (Wildman–Crippen MR) is 96.2 cm³/mol. The van der Waals surface area contributed by atoms with E-state index < -0.39 is 5.60 Å². The SMILES string of the molecule is CC[NH+](CC)CC#CC[C@](O)(c1ccccc1)C1CCCCC1. The number of benzene rings is 1. The predicted octanol–water partition coefficient (Wildman–Crippen LogP) is 2.77. The minimum Gasteiger partial charge on any atom is -0.384 e. The van der Waals surface area contributed by atoms with Crippen LogP contribution in [0.2, 0.25) is 0 Å². The summed E-state index contributed by atoms with van der Waals surface area (Å²) >= 11 is 0. The number of hydrogen-bond acceptors (Lipinski definition) is 1. The van der Waals surface area contributed by atoms with E-state index in [0.717, 1.165) is 38.0 Å². The van der Waals surface area contributed by atoms with Gasteiger partial charge in [0.15, 0.2) is 0 Å². The average molecular weight is 314 g/mol. The van der Waals surface area contributed by atoms with Crippen LogP contribution in [-0.4, -0.2) is 24.7 Å². The van der Waals surface area contributed by atoms with E-state index in [1.807, 2.05) is 18.2 Å². The van der Waals surface area contributed by atoms with Crippen LogP contribution < -0.4 is 4.90 Å². The second-order valence-corrected chi connectivity index (χ2v) is 6.79. The smallest absolute Gasteiger partial charge is 0.139 e. The van der Waals surface area contributed by atoms with Crippen LogP contribution in [0.25, 0.3) is 0 Å². The Kier molecular flexibility index (Phi) is 7.15. The minimum atomic E-state index is -0.784. The molecule has 0 aliphatic heterocycles. The van der Waals surface area contributed by atoms with Crippen LogP contribution in [0.5, 0.6) is 0 Å². The van der Waals surface area contributed by atoms with Gasteiger partial charge in [0.2, 0.25) is 0 Å². The van der Waals surface area contributed by atoms with E-state index in [2.05, 4.69) is 37.8 Å². The Labute approximate surface area is 141 Å². The second-order valence-electron chi connectivity index (χ2n) is 6.79. The second kappa shape index (κ2) is 9.11. The molecule has 0 spiro atoms. The monoisotopic (exact) mass is 314 g/mol. The zero-order valence-corrected chi connectivity index (χ0v) is 14.8. The van der Waals surface area contributed by atoms with E-state index in [-0.39, 0.29) is 0 Å². The molecule has 2 N–H and O–H groups in total. The van der Waals surface area contributed by atoms with Gasteiger partial charge in [-0.1, -0.05) is 55.5 Å². The molecule has 126 valence electrons. The van der Waals surface area contributed by atoms with Crippen molar-refractivity contribution in [1.82, 2.24) is 0 Å². The van der Waals surface area contributed by atoms with Crippen molar-refractivity contribution in [1.29, 1.82) is 0 Å². The Hall–Kier alpha value is -1.30. The topological polar surface area (TPSA) is 24.7 Å². The Bertz CT molecular complexity index is 506. The third-order valence-electron chi connectivity index (χ3n) is 5.38. The zero-order chi connectivity index (χ0) is 16.5. The van der Waals surface area contributed by atoms with Crippen molar-refractivity contribution in [2.45, 2.75) is 58.0 Å². The molecule has 1 aliphatic carbocycles. The molecule has 0 radical (unpaired) electrons. The molecule has 0 unspecified atom stereocenters. The summed E-state index contributed by atoms with van der Waals surface area (Å²) in [5, 5.41) is 11.5. The molecule has 1 atom stereocenters. The van der Waals surface area contributed by atoms with E-state index in [1.54, 1.807) is 0 Å². The maximum absolute atomic E-state index is 11.5. The van der Waals surface area contributed by atoms with Gasteiger partial charge in [0, 0.05) is 6.42 Å². The summed E-state index contributed by atoms with van der Waals surface area (Å²) in [6.07, 6.45) is 6.57. The van der Waals surface area contributed by atoms with Crippen LogP contribution in [0.15, 0.2) is 30.3 Å². The van der Waals surface area contributed by atoms with E-state index in [1.165, 1.54) is 24.2 Å². The number of hydrogen-bond donors (Lipinski definition) is 2. The summed E-state index contributed by atoms with van der Waals surface area (Å²) in [5.41, 5.74) is 0.254. The Balaban J connectivity index is 2.12. The fraction of sp³-hybridized carbons (Fsp3) is 0.619. The van der Waals surface area contributed by atoms with Gasteiger partial charge in [-0.3, -0.25) is 0 Å². The first-order chi connectivity index (χ1) is 11.2. The van der Waals surface area contributed by atoms with E-state index in [4.69, 9.17) is 0 Å². The molecule has 0 heterocycles. The van der Waals surface area contributed by atoms with Crippen LogP contribution >= 0.6 is 0 Å². The first-order valence-electron chi connectivity index (χ1n) is 9.27. The zero-order valence-electron chi connectivity index (χ0n) is 14.8. The lowest BCUT2D eigenvalue weighted by molar-refractivity contribution is -0.889. The highest BCUT2D eigenvalue weighted by molar-refractivity contribution is 5.26. The Morgan fingerprint density at radius 1 is 1.04 bits per heavy atom. The third kappa shape index (κ3) is 4.83. The Morgan fingerprint density at radius 3 is 2.30 bits per heavy atom. The molecule has 1 saturated carbocycles. The molecule has 0 saturated heterocycles. The normalized spacial score (nSPS) is 18.3. The summed E-state index contributed by atoms with van der Waals surface area (Å²) in [7, 11) is 0. The third-order valence-corrected chi connectivity index (χ3v) is 5.38. The highest BCUT2D eigenvalue weighted by Gasteiger charge is 2.38. The lowest BCUT2D eigenvalue weighted by atomic mass is 9.72. The van der Waals surface area contributed by atoms with Gasteiger partial charge in [0.1, 0.15) is 12.1 Å². The largest absolute Gasteiger partial charge is 0.384 e. The summed E-state index contributed by atoms with van der Waals surface area (Å²) in [6, 6.07) is 10.2. The van der Waals surface area contributed by atoms with Crippen molar-refractivity contribution in [3.63, 3.8) is 0 Å². The van der Waals surface area contributed by atoms with Crippen molar-refractivity contribution >= 4 is 0 Å². The molecule has 1 aliphatic rings. The van der Waals surface area contributed by atoms with Crippen molar-refractivity contribution < 1.29 is 10.0 Å². The van der Waals surface area contributed by atoms with Gasteiger partial charge in [-0.2, -0.15) is 0 Å². The molecule has 2 rings (SSSR count). The molecule has 0 bridgehead atoms. The number of aliphatic hydroxyl groups is 1. The minimum absolute atomic E-state index is 0.341. The molecule has 1 aromatic carbocycles. The summed E-state index contributed by atoms with van der Waals surface area (Å²) < 4.78 is 0. The fourth-order valence-corrected chi connectivity index (χ4v) is 3.67. The molecule has 1 fully saturated rings. The molecule has 0 aromatic heterocycles. The van der Waals surface area contributed by atoms with Crippen LogP contribution in [0.3, 0.4) is 0 Å². The van der Waals surface area contributed by atoms with Crippen molar-refractivity contribution in [2.75, 3.05) is 19.6 Å². The van der Waals surface area contributed by atoms with Crippen molar-refractivity contribution in [3.05, 3.63) is 35.9 Å². The molecular weight excluding hydrogens is 282 g/mol. The highest BCUT2D eigenvalue weighted by Crippen LogP contribution is 2.41. The molecule has 2 nitrogen and oxygen atoms in total. The van der Waals surface area contributed by atoms with Crippen molar-refractivity contribution in [2.24, 2.45) is 5.92 Å². The lowest BCUT2D eigenvalue weighted by Gasteiger charge is -2.38. The van der Waals surface area contributed by atoms with Gasteiger partial charge in [0.25, 0.3) is 0 Å². The molecule has 1 aromatic rings. The molecular formula is C21H32NO+. The van der Waals surface area contributed by atoms with Crippen molar-refractivity contribution in [3.8, 4) is 11.8 Å². The first-order valence-corrected chi connectivity index (χ1v) is 9.27. The summed E-state index contributed by atoms with van der Waals surface area (Å²) in [6.45, 7) is 7.49. The lowest BCUT2D eigenvalue weighted by Crippen LogP contribution is -3.11. The van der Waals surface area contributed by atoms with Crippen LogP contribution in [0.1, 0.15) is 57.9 Å². The first kappa shape index (κ1) is 18.0. The van der Waals surface area contributed by atoms with Gasteiger partial charge in [-0.05, 0) is 44.1 Å². The van der Waals surface area contributed by atoms with Crippen LogP contribution in [0, 0.1) is 17.8 Å². The van der Waals surface area contributed by atoms with Gasteiger partial charge in [-0.15, -0.1) is 0 Å². The molecule has 2 heteroatoms. The summed E-state index contributed by atoms with van der Waals surface area (Å²) in [5.74, 6) is 6.95. The molecule has 23 heavy (non-hydrogen) atoms. The highest BCUT2D eigenvalue weighted by atomic mass is 16.3. The standard InChI is InChI=1S/C21H31NO/c1-3-22(4-2)18-12-11-17-21(23,19-13-7-5-8-14-19)20-15-9-6-10-16-20/h5,7-8,13-14,20,23H,3-4,6,9-10,15-18H2,1-2H3/p+1/t21-/m0/s1.